The monoisotopic (exact) mass is 421 g/mol. The molecule has 1 aliphatic rings. The number of aromatic nitrogens is 1. The van der Waals surface area contributed by atoms with Crippen molar-refractivity contribution in [2.45, 2.75) is 11.4 Å². The summed E-state index contributed by atoms with van der Waals surface area (Å²) >= 11 is 11.8. The van der Waals surface area contributed by atoms with Gasteiger partial charge in [0, 0.05) is 32.7 Å². The van der Waals surface area contributed by atoms with Crippen LogP contribution >= 0.6 is 23.2 Å². The van der Waals surface area contributed by atoms with Crippen LogP contribution in [0.1, 0.15) is 5.56 Å². The van der Waals surface area contributed by atoms with Gasteiger partial charge in [0.15, 0.2) is 11.6 Å². The first-order valence-corrected chi connectivity index (χ1v) is 9.95. The Labute approximate surface area is 160 Å². The van der Waals surface area contributed by atoms with E-state index in [0.29, 0.717) is 36.0 Å². The Hall–Kier alpha value is -1.32. The number of piperazine rings is 1. The van der Waals surface area contributed by atoms with E-state index < -0.39 is 21.7 Å². The fraction of sp³-hybridized carbons (Fsp3) is 0.312. The number of benzene rings is 1. The van der Waals surface area contributed by atoms with Gasteiger partial charge in [0.2, 0.25) is 10.0 Å². The second-order valence-electron chi connectivity index (χ2n) is 5.88. The van der Waals surface area contributed by atoms with E-state index in [1.807, 2.05) is 0 Å². The predicted octanol–water partition coefficient (Wildman–Crippen LogP) is 3.17. The third kappa shape index (κ3) is 4.32. The average Bonchev–Trinajstić information content (AvgIpc) is 2.57. The van der Waals surface area contributed by atoms with Crippen LogP contribution in [-0.2, 0) is 16.6 Å². The van der Waals surface area contributed by atoms with Crippen LogP contribution in [0.25, 0.3) is 0 Å². The van der Waals surface area contributed by atoms with Gasteiger partial charge in [-0.05, 0) is 35.9 Å². The quantitative estimate of drug-likeness (QED) is 0.711. The van der Waals surface area contributed by atoms with Crippen LogP contribution < -0.4 is 0 Å². The van der Waals surface area contributed by atoms with E-state index >= 15 is 0 Å². The lowest BCUT2D eigenvalue weighted by atomic mass is 10.2. The second kappa shape index (κ2) is 7.74. The fourth-order valence-electron chi connectivity index (χ4n) is 2.78. The molecular weight excluding hydrogens is 407 g/mol. The third-order valence-electron chi connectivity index (χ3n) is 4.09. The normalized spacial score (nSPS) is 16.8. The van der Waals surface area contributed by atoms with Crippen LogP contribution in [0.15, 0.2) is 35.2 Å². The van der Waals surface area contributed by atoms with E-state index in [-0.39, 0.29) is 18.0 Å². The summed E-state index contributed by atoms with van der Waals surface area (Å²) in [7, 11) is -3.86. The van der Waals surface area contributed by atoms with Crippen LogP contribution in [0.3, 0.4) is 0 Å². The van der Waals surface area contributed by atoms with Gasteiger partial charge in [0.1, 0.15) is 10.3 Å². The van der Waals surface area contributed by atoms with E-state index in [4.69, 9.17) is 23.2 Å². The standard InChI is InChI=1S/C16H15Cl2F2N3O2S/c17-15-7-11(8-16(18)21-15)10-22-3-5-23(6-4-22)26(24,25)12-1-2-13(19)14(20)9-12/h1-2,7-9H,3-6,10H2. The number of nitrogens with zero attached hydrogens (tertiary/aromatic N) is 3. The molecule has 1 fully saturated rings. The summed E-state index contributed by atoms with van der Waals surface area (Å²) < 4.78 is 52.8. The zero-order valence-corrected chi connectivity index (χ0v) is 15.8. The minimum absolute atomic E-state index is 0.244. The average molecular weight is 422 g/mol. The molecule has 0 bridgehead atoms. The van der Waals surface area contributed by atoms with Crippen molar-refractivity contribution in [3.05, 3.63) is 57.8 Å². The maximum atomic E-state index is 13.4. The molecule has 140 valence electrons. The number of halogens is 4. The highest BCUT2D eigenvalue weighted by Gasteiger charge is 2.29. The van der Waals surface area contributed by atoms with Gasteiger partial charge < -0.3 is 0 Å². The molecule has 0 atom stereocenters. The molecule has 2 heterocycles. The Morgan fingerprint density at radius 3 is 2.15 bits per heavy atom. The Kier molecular flexibility index (Phi) is 5.78. The molecule has 0 saturated carbocycles. The first kappa shape index (κ1) is 19.4. The zero-order chi connectivity index (χ0) is 18.9. The molecule has 1 aliphatic heterocycles. The maximum Gasteiger partial charge on any atom is 0.243 e. The number of pyridine rings is 1. The summed E-state index contributed by atoms with van der Waals surface area (Å²) in [6, 6.07) is 6.00. The maximum absolute atomic E-state index is 13.4. The van der Waals surface area contributed by atoms with Crippen LogP contribution in [-0.4, -0.2) is 48.8 Å². The predicted molar refractivity (Wildman–Crippen MR) is 94.7 cm³/mol. The third-order valence-corrected chi connectivity index (χ3v) is 6.37. The van der Waals surface area contributed by atoms with E-state index in [2.05, 4.69) is 9.88 Å². The van der Waals surface area contributed by atoms with Crippen molar-refractivity contribution in [1.82, 2.24) is 14.2 Å². The molecule has 1 aromatic carbocycles. The van der Waals surface area contributed by atoms with Gasteiger partial charge in [0.05, 0.1) is 4.90 Å². The smallest absolute Gasteiger partial charge is 0.243 e. The van der Waals surface area contributed by atoms with Gasteiger partial charge in [-0.1, -0.05) is 23.2 Å². The first-order chi connectivity index (χ1) is 12.3. The van der Waals surface area contributed by atoms with Crippen molar-refractivity contribution in [1.29, 1.82) is 0 Å². The van der Waals surface area contributed by atoms with Crippen LogP contribution in [0.2, 0.25) is 10.3 Å². The zero-order valence-electron chi connectivity index (χ0n) is 13.5. The number of hydrogen-bond donors (Lipinski definition) is 0. The first-order valence-electron chi connectivity index (χ1n) is 7.75. The summed E-state index contributed by atoms with van der Waals surface area (Å²) in [6.45, 7) is 2.02. The molecule has 0 N–H and O–H groups in total. The number of hydrogen-bond acceptors (Lipinski definition) is 4. The largest absolute Gasteiger partial charge is 0.296 e. The van der Waals surface area contributed by atoms with E-state index in [9.17, 15) is 17.2 Å². The molecular formula is C16H15Cl2F2N3O2S. The lowest BCUT2D eigenvalue weighted by molar-refractivity contribution is 0.181. The topological polar surface area (TPSA) is 53.5 Å². The molecule has 10 heteroatoms. The van der Waals surface area contributed by atoms with Gasteiger partial charge in [-0.3, -0.25) is 4.90 Å². The molecule has 0 unspecified atom stereocenters. The molecule has 2 aromatic rings. The van der Waals surface area contributed by atoms with Gasteiger partial charge in [-0.15, -0.1) is 0 Å². The van der Waals surface area contributed by atoms with E-state index in [1.54, 1.807) is 12.1 Å². The minimum atomic E-state index is -3.86. The molecule has 5 nitrogen and oxygen atoms in total. The highest BCUT2D eigenvalue weighted by Crippen LogP contribution is 2.21. The van der Waals surface area contributed by atoms with Crippen molar-refractivity contribution >= 4 is 33.2 Å². The molecule has 1 aromatic heterocycles. The summed E-state index contributed by atoms with van der Waals surface area (Å²) in [5.41, 5.74) is 0.881. The molecule has 0 radical (unpaired) electrons. The lowest BCUT2D eigenvalue weighted by Crippen LogP contribution is -2.48. The van der Waals surface area contributed by atoms with Gasteiger partial charge in [-0.25, -0.2) is 22.2 Å². The fourth-order valence-corrected chi connectivity index (χ4v) is 4.72. The lowest BCUT2D eigenvalue weighted by Gasteiger charge is -2.34. The Morgan fingerprint density at radius 1 is 0.962 bits per heavy atom. The molecule has 1 saturated heterocycles. The summed E-state index contributed by atoms with van der Waals surface area (Å²) in [6.07, 6.45) is 0. The number of sulfonamides is 1. The Bertz CT molecular complexity index is 899. The van der Waals surface area contributed by atoms with E-state index in [0.717, 1.165) is 17.7 Å². The SMILES string of the molecule is O=S(=O)(c1ccc(F)c(F)c1)N1CCN(Cc2cc(Cl)nc(Cl)c2)CC1. The van der Waals surface area contributed by atoms with Crippen LogP contribution in [0, 0.1) is 11.6 Å². The van der Waals surface area contributed by atoms with Gasteiger partial charge >= 0.3 is 0 Å². The molecule has 0 spiro atoms. The minimum Gasteiger partial charge on any atom is -0.296 e. The van der Waals surface area contributed by atoms with Crippen molar-refractivity contribution in [3.63, 3.8) is 0 Å². The molecule has 26 heavy (non-hydrogen) atoms. The summed E-state index contributed by atoms with van der Waals surface area (Å²) in [4.78, 5) is 5.69. The molecule has 0 amide bonds. The van der Waals surface area contributed by atoms with Gasteiger partial charge in [0.25, 0.3) is 0 Å². The summed E-state index contributed by atoms with van der Waals surface area (Å²) in [5.74, 6) is -2.26. The van der Waals surface area contributed by atoms with E-state index in [1.165, 1.54) is 4.31 Å². The van der Waals surface area contributed by atoms with Crippen LogP contribution in [0.4, 0.5) is 8.78 Å². The van der Waals surface area contributed by atoms with Gasteiger partial charge in [-0.2, -0.15) is 4.31 Å². The summed E-state index contributed by atoms with van der Waals surface area (Å²) in [5, 5.41) is 0.596. The van der Waals surface area contributed by atoms with Crippen LogP contribution in [0.5, 0.6) is 0 Å². The van der Waals surface area contributed by atoms with Crippen molar-refractivity contribution in [3.8, 4) is 0 Å². The second-order valence-corrected chi connectivity index (χ2v) is 8.59. The van der Waals surface area contributed by atoms with Crippen molar-refractivity contribution in [2.24, 2.45) is 0 Å². The Balaban J connectivity index is 1.66. The van der Waals surface area contributed by atoms with Crippen molar-refractivity contribution < 1.29 is 17.2 Å². The molecule has 0 aliphatic carbocycles. The van der Waals surface area contributed by atoms with Crippen molar-refractivity contribution in [2.75, 3.05) is 26.2 Å². The molecule has 3 rings (SSSR count). The Morgan fingerprint density at radius 2 is 1.58 bits per heavy atom. The number of rotatable bonds is 4. The highest BCUT2D eigenvalue weighted by atomic mass is 35.5. The highest BCUT2D eigenvalue weighted by molar-refractivity contribution is 7.89.